The lowest BCUT2D eigenvalue weighted by molar-refractivity contribution is 0.463. The summed E-state index contributed by atoms with van der Waals surface area (Å²) in [5.74, 6) is 1.28. The first-order chi connectivity index (χ1) is 9.25. The fraction of sp³-hybridized carbons (Fsp3) is 0. The highest BCUT2D eigenvalue weighted by atomic mass is 127. The molecule has 0 aliphatic heterocycles. The molecule has 0 fully saturated rings. The first kappa shape index (κ1) is 12.2. The fourth-order valence-electron chi connectivity index (χ4n) is 1.86. The minimum atomic E-state index is 0.547. The predicted octanol–water partition coefficient (Wildman–Crippen LogP) is 3.61. The average molecular weight is 363 g/mol. The molecule has 1 heterocycles. The van der Waals surface area contributed by atoms with Crippen LogP contribution in [0.1, 0.15) is 0 Å². The number of nitrogen functional groups attached to an aromatic ring is 1. The van der Waals surface area contributed by atoms with Gasteiger partial charge in [-0.15, -0.1) is 0 Å². The predicted molar refractivity (Wildman–Crippen MR) is 83.2 cm³/mol. The van der Waals surface area contributed by atoms with Crippen molar-refractivity contribution in [3.63, 3.8) is 0 Å². The number of ether oxygens (including phenoxy) is 1. The van der Waals surface area contributed by atoms with E-state index in [9.17, 15) is 0 Å². The maximum absolute atomic E-state index is 5.97. The average Bonchev–Trinajstić information content (AvgIpc) is 2.44. The monoisotopic (exact) mass is 363 g/mol. The Morgan fingerprint density at radius 2 is 1.84 bits per heavy atom. The first-order valence-corrected chi connectivity index (χ1v) is 6.74. The SMILES string of the molecule is Nc1ccc(Oc2ncncc2I)c2ccccc12. The van der Waals surface area contributed by atoms with Gasteiger partial charge < -0.3 is 10.5 Å². The molecular weight excluding hydrogens is 353 g/mol. The summed E-state index contributed by atoms with van der Waals surface area (Å²) in [7, 11) is 0. The van der Waals surface area contributed by atoms with E-state index in [1.54, 1.807) is 6.20 Å². The summed E-state index contributed by atoms with van der Waals surface area (Å²) in [5, 5.41) is 1.95. The van der Waals surface area contributed by atoms with Crippen LogP contribution in [0.15, 0.2) is 48.9 Å². The molecule has 0 spiro atoms. The fourth-order valence-corrected chi connectivity index (χ4v) is 2.27. The number of rotatable bonds is 2. The molecule has 0 bridgehead atoms. The molecule has 0 aliphatic rings. The summed E-state index contributed by atoms with van der Waals surface area (Å²) in [5.41, 5.74) is 6.70. The van der Waals surface area contributed by atoms with Gasteiger partial charge in [0.15, 0.2) is 0 Å². The lowest BCUT2D eigenvalue weighted by atomic mass is 10.1. The van der Waals surface area contributed by atoms with Crippen molar-refractivity contribution >= 4 is 39.1 Å². The molecule has 5 heteroatoms. The Morgan fingerprint density at radius 3 is 2.63 bits per heavy atom. The van der Waals surface area contributed by atoms with Crippen molar-refractivity contribution in [3.05, 3.63) is 52.5 Å². The quantitative estimate of drug-likeness (QED) is 0.558. The van der Waals surface area contributed by atoms with Crippen molar-refractivity contribution in [2.24, 2.45) is 0 Å². The summed E-state index contributed by atoms with van der Waals surface area (Å²) in [6.45, 7) is 0. The van der Waals surface area contributed by atoms with Crippen LogP contribution in [0.4, 0.5) is 5.69 Å². The van der Waals surface area contributed by atoms with Crippen LogP contribution in [-0.2, 0) is 0 Å². The largest absolute Gasteiger partial charge is 0.437 e. The Morgan fingerprint density at radius 1 is 1.05 bits per heavy atom. The molecule has 94 valence electrons. The van der Waals surface area contributed by atoms with E-state index >= 15 is 0 Å². The normalized spacial score (nSPS) is 10.6. The highest BCUT2D eigenvalue weighted by Gasteiger charge is 2.08. The second-order valence-corrected chi connectivity index (χ2v) is 5.14. The van der Waals surface area contributed by atoms with E-state index in [2.05, 4.69) is 32.6 Å². The maximum Gasteiger partial charge on any atom is 0.235 e. The summed E-state index contributed by atoms with van der Waals surface area (Å²) in [4.78, 5) is 8.08. The smallest absolute Gasteiger partial charge is 0.235 e. The summed E-state index contributed by atoms with van der Waals surface area (Å²) in [6.07, 6.45) is 3.18. The van der Waals surface area contributed by atoms with E-state index in [-0.39, 0.29) is 0 Å². The molecule has 0 amide bonds. The number of hydrogen-bond acceptors (Lipinski definition) is 4. The molecule has 0 saturated heterocycles. The third-order valence-electron chi connectivity index (χ3n) is 2.76. The maximum atomic E-state index is 5.97. The number of hydrogen-bond donors (Lipinski definition) is 1. The lowest BCUT2D eigenvalue weighted by Gasteiger charge is -2.10. The van der Waals surface area contributed by atoms with Crippen molar-refractivity contribution in [1.82, 2.24) is 9.97 Å². The number of fused-ring (bicyclic) bond motifs is 1. The summed E-state index contributed by atoms with van der Waals surface area (Å²) in [6, 6.07) is 11.6. The van der Waals surface area contributed by atoms with Crippen molar-refractivity contribution in [3.8, 4) is 11.6 Å². The van der Waals surface area contributed by atoms with Crippen molar-refractivity contribution < 1.29 is 4.74 Å². The van der Waals surface area contributed by atoms with Crippen molar-refractivity contribution in [1.29, 1.82) is 0 Å². The molecule has 0 aliphatic carbocycles. The van der Waals surface area contributed by atoms with Crippen molar-refractivity contribution in [2.45, 2.75) is 0 Å². The van der Waals surface area contributed by atoms with E-state index < -0.39 is 0 Å². The molecular formula is C14H10IN3O. The molecule has 2 aromatic carbocycles. The van der Waals surface area contributed by atoms with Crippen molar-refractivity contribution in [2.75, 3.05) is 5.73 Å². The van der Waals surface area contributed by atoms with Crippen LogP contribution in [0.5, 0.6) is 11.6 Å². The molecule has 3 aromatic rings. The minimum Gasteiger partial charge on any atom is -0.437 e. The standard InChI is InChI=1S/C14H10IN3O/c15-11-7-17-8-18-14(11)19-13-6-5-12(16)9-3-1-2-4-10(9)13/h1-8H,16H2. The number of aromatic nitrogens is 2. The number of nitrogens with two attached hydrogens (primary N) is 1. The Hall–Kier alpha value is -1.89. The van der Waals surface area contributed by atoms with Gasteiger partial charge in [0, 0.05) is 22.7 Å². The van der Waals surface area contributed by atoms with Crippen LogP contribution in [-0.4, -0.2) is 9.97 Å². The Labute approximate surface area is 123 Å². The third-order valence-corrected chi connectivity index (χ3v) is 3.50. The number of nitrogens with zero attached hydrogens (tertiary/aromatic N) is 2. The van der Waals surface area contributed by atoms with E-state index in [0.29, 0.717) is 5.88 Å². The van der Waals surface area contributed by atoms with Crippen LogP contribution in [0, 0.1) is 3.57 Å². The Kier molecular flexibility index (Phi) is 3.20. The van der Waals surface area contributed by atoms with E-state index in [0.717, 1.165) is 25.8 Å². The van der Waals surface area contributed by atoms with E-state index in [1.165, 1.54) is 6.33 Å². The van der Waals surface area contributed by atoms with Gasteiger partial charge in [-0.25, -0.2) is 9.97 Å². The van der Waals surface area contributed by atoms with Crippen LogP contribution >= 0.6 is 22.6 Å². The second-order valence-electron chi connectivity index (χ2n) is 3.98. The molecule has 0 saturated carbocycles. The molecule has 19 heavy (non-hydrogen) atoms. The van der Waals surface area contributed by atoms with Gasteiger partial charge >= 0.3 is 0 Å². The first-order valence-electron chi connectivity index (χ1n) is 5.66. The molecule has 3 rings (SSSR count). The molecule has 4 nitrogen and oxygen atoms in total. The van der Waals surface area contributed by atoms with E-state index in [1.807, 2.05) is 36.4 Å². The van der Waals surface area contributed by atoms with Gasteiger partial charge in [-0.1, -0.05) is 24.3 Å². The highest BCUT2D eigenvalue weighted by Crippen LogP contribution is 2.33. The molecule has 1 aromatic heterocycles. The Balaban J connectivity index is 2.12. The lowest BCUT2D eigenvalue weighted by Crippen LogP contribution is -1.94. The minimum absolute atomic E-state index is 0.547. The van der Waals surface area contributed by atoms with Crippen LogP contribution < -0.4 is 10.5 Å². The molecule has 0 unspecified atom stereocenters. The van der Waals surface area contributed by atoms with Gasteiger partial charge in [0.25, 0.3) is 0 Å². The zero-order valence-corrected chi connectivity index (χ0v) is 12.0. The highest BCUT2D eigenvalue weighted by molar-refractivity contribution is 14.1. The van der Waals surface area contributed by atoms with Gasteiger partial charge in [0.2, 0.25) is 5.88 Å². The van der Waals surface area contributed by atoms with Gasteiger partial charge in [0.05, 0.1) is 3.57 Å². The number of benzene rings is 2. The van der Waals surface area contributed by atoms with Gasteiger partial charge in [-0.05, 0) is 34.7 Å². The topological polar surface area (TPSA) is 61.0 Å². The second kappa shape index (κ2) is 5.00. The zero-order chi connectivity index (χ0) is 13.2. The van der Waals surface area contributed by atoms with Crippen LogP contribution in [0.2, 0.25) is 0 Å². The number of halogens is 1. The zero-order valence-electron chi connectivity index (χ0n) is 9.88. The van der Waals surface area contributed by atoms with Gasteiger partial charge in [0.1, 0.15) is 12.1 Å². The molecule has 0 radical (unpaired) electrons. The van der Waals surface area contributed by atoms with Crippen LogP contribution in [0.25, 0.3) is 10.8 Å². The molecule has 0 atom stereocenters. The summed E-state index contributed by atoms with van der Waals surface area (Å²) >= 11 is 2.14. The molecule has 2 N–H and O–H groups in total. The third kappa shape index (κ3) is 2.33. The van der Waals surface area contributed by atoms with E-state index in [4.69, 9.17) is 10.5 Å². The Bertz CT molecular complexity index is 746. The van der Waals surface area contributed by atoms with Crippen LogP contribution in [0.3, 0.4) is 0 Å². The van der Waals surface area contributed by atoms with Gasteiger partial charge in [-0.3, -0.25) is 0 Å². The van der Waals surface area contributed by atoms with Gasteiger partial charge in [-0.2, -0.15) is 0 Å². The summed E-state index contributed by atoms with van der Waals surface area (Å²) < 4.78 is 6.73. The number of anilines is 1.